The summed E-state index contributed by atoms with van der Waals surface area (Å²) < 4.78 is 11.2. The van der Waals surface area contributed by atoms with Crippen molar-refractivity contribution in [2.24, 2.45) is 0 Å². The van der Waals surface area contributed by atoms with Crippen molar-refractivity contribution in [2.45, 2.75) is 25.7 Å². The molecule has 0 bridgehead atoms. The van der Waals surface area contributed by atoms with Gasteiger partial charge in [-0.05, 0) is 43.5 Å². The van der Waals surface area contributed by atoms with Gasteiger partial charge in [0.2, 0.25) is 0 Å². The maximum Gasteiger partial charge on any atom is 0.172 e. The van der Waals surface area contributed by atoms with E-state index in [2.05, 4.69) is 0 Å². The molecule has 104 valence electrons. The molecular weight excluding hydrogens is 256 g/mol. The van der Waals surface area contributed by atoms with Gasteiger partial charge in [0.1, 0.15) is 17.3 Å². The number of fused-ring (bicyclic) bond motifs is 1. The number of rotatable bonds is 2. The zero-order valence-corrected chi connectivity index (χ0v) is 11.0. The van der Waals surface area contributed by atoms with Crippen LogP contribution in [-0.4, -0.2) is 10.2 Å². The lowest BCUT2D eigenvalue weighted by atomic mass is 10.1. The van der Waals surface area contributed by atoms with Crippen molar-refractivity contribution in [1.82, 2.24) is 0 Å². The lowest BCUT2D eigenvalue weighted by molar-refractivity contribution is 0.282. The van der Waals surface area contributed by atoms with E-state index in [-0.39, 0.29) is 11.5 Å². The molecule has 1 aliphatic heterocycles. The van der Waals surface area contributed by atoms with Gasteiger partial charge in [-0.3, -0.25) is 0 Å². The Bertz CT molecular complexity index is 611. The number of hydrogen-bond acceptors (Lipinski definition) is 4. The topological polar surface area (TPSA) is 58.9 Å². The standard InChI is InChI=1S/C16H16O4/c17-11-6-7-14-13(10-11)16(18)15(8-9-19-14)20-12-4-2-1-3-5-12/h4,6-10,17-18H,1-3,5H2. The average Bonchev–Trinajstić information content (AvgIpc) is 2.61. The van der Waals surface area contributed by atoms with E-state index < -0.39 is 0 Å². The zero-order chi connectivity index (χ0) is 13.9. The predicted octanol–water partition coefficient (Wildman–Crippen LogP) is 4.00. The Morgan fingerprint density at radius 1 is 1.15 bits per heavy atom. The van der Waals surface area contributed by atoms with Crippen LogP contribution in [0, 0.1) is 0 Å². The molecule has 2 aliphatic rings. The van der Waals surface area contributed by atoms with Crippen LogP contribution in [0.3, 0.4) is 0 Å². The van der Waals surface area contributed by atoms with Gasteiger partial charge in [-0.15, -0.1) is 0 Å². The second-order valence-electron chi connectivity index (χ2n) is 4.83. The number of aromatic hydroxyl groups is 1. The number of aliphatic hydroxyl groups is 1. The van der Waals surface area contributed by atoms with Crippen LogP contribution in [-0.2, 0) is 4.74 Å². The third-order valence-electron chi connectivity index (χ3n) is 3.36. The first-order valence-corrected chi connectivity index (χ1v) is 6.71. The van der Waals surface area contributed by atoms with Gasteiger partial charge in [0.15, 0.2) is 11.5 Å². The summed E-state index contributed by atoms with van der Waals surface area (Å²) in [5.74, 6) is 1.72. The molecule has 0 unspecified atom stereocenters. The Balaban J connectivity index is 1.96. The van der Waals surface area contributed by atoms with Crippen molar-refractivity contribution < 1.29 is 19.7 Å². The van der Waals surface area contributed by atoms with Crippen LogP contribution in [0.4, 0.5) is 0 Å². The molecule has 0 saturated carbocycles. The minimum Gasteiger partial charge on any atom is -0.508 e. The van der Waals surface area contributed by atoms with E-state index in [9.17, 15) is 10.2 Å². The molecule has 2 N–H and O–H groups in total. The van der Waals surface area contributed by atoms with Crippen LogP contribution in [0.25, 0.3) is 5.76 Å². The molecule has 4 nitrogen and oxygen atoms in total. The van der Waals surface area contributed by atoms with Gasteiger partial charge in [-0.2, -0.15) is 0 Å². The van der Waals surface area contributed by atoms with E-state index in [0.717, 1.165) is 25.0 Å². The molecular formula is C16H16O4. The molecule has 4 heteroatoms. The van der Waals surface area contributed by atoms with E-state index >= 15 is 0 Å². The summed E-state index contributed by atoms with van der Waals surface area (Å²) in [6.07, 6.45) is 9.25. The number of ether oxygens (including phenoxy) is 2. The van der Waals surface area contributed by atoms with Crippen LogP contribution in [0.2, 0.25) is 0 Å². The fourth-order valence-corrected chi connectivity index (χ4v) is 2.31. The molecule has 1 aliphatic carbocycles. The molecule has 0 atom stereocenters. The minimum atomic E-state index is -0.0314. The third kappa shape index (κ3) is 2.50. The molecule has 0 amide bonds. The van der Waals surface area contributed by atoms with Crippen LogP contribution < -0.4 is 4.74 Å². The molecule has 1 aromatic rings. The quantitative estimate of drug-likeness (QED) is 0.854. The highest BCUT2D eigenvalue weighted by Gasteiger charge is 2.18. The SMILES string of the molecule is OC1=C(OC2=CCCCC2)C=COc2ccc(O)cc21. The van der Waals surface area contributed by atoms with Gasteiger partial charge >= 0.3 is 0 Å². The highest BCUT2D eigenvalue weighted by atomic mass is 16.5. The molecule has 0 aromatic heterocycles. The fourth-order valence-electron chi connectivity index (χ4n) is 2.31. The number of aliphatic hydroxyl groups excluding tert-OH is 1. The zero-order valence-electron chi connectivity index (χ0n) is 11.0. The number of allylic oxidation sites excluding steroid dienone is 3. The normalized spacial score (nSPS) is 17.9. The molecule has 0 fully saturated rings. The van der Waals surface area contributed by atoms with Crippen LogP contribution in [0.5, 0.6) is 11.5 Å². The highest BCUT2D eigenvalue weighted by Crippen LogP contribution is 2.34. The second kappa shape index (κ2) is 5.33. The summed E-state index contributed by atoms with van der Waals surface area (Å²) in [6, 6.07) is 4.57. The van der Waals surface area contributed by atoms with Crippen LogP contribution >= 0.6 is 0 Å². The summed E-state index contributed by atoms with van der Waals surface area (Å²) in [4.78, 5) is 0. The molecule has 1 aromatic carbocycles. The van der Waals surface area contributed by atoms with Crippen molar-refractivity contribution in [3.63, 3.8) is 0 Å². The Kier molecular flexibility index (Phi) is 3.37. The van der Waals surface area contributed by atoms with Crippen molar-refractivity contribution in [3.05, 3.63) is 53.7 Å². The monoisotopic (exact) mass is 272 g/mol. The van der Waals surface area contributed by atoms with E-state index in [1.165, 1.54) is 24.8 Å². The van der Waals surface area contributed by atoms with Crippen molar-refractivity contribution in [2.75, 3.05) is 0 Å². The number of hydrogen-bond donors (Lipinski definition) is 2. The number of phenols is 1. The maximum atomic E-state index is 10.3. The van der Waals surface area contributed by atoms with Gasteiger partial charge in [0.05, 0.1) is 11.8 Å². The maximum absolute atomic E-state index is 10.3. The summed E-state index contributed by atoms with van der Waals surface area (Å²) in [7, 11) is 0. The predicted molar refractivity (Wildman–Crippen MR) is 75.1 cm³/mol. The second-order valence-corrected chi connectivity index (χ2v) is 4.83. The molecule has 0 saturated heterocycles. The number of benzene rings is 1. The summed E-state index contributed by atoms with van der Waals surface area (Å²) in [5.41, 5.74) is 0.418. The van der Waals surface area contributed by atoms with Crippen molar-refractivity contribution in [1.29, 1.82) is 0 Å². The molecule has 3 rings (SSSR count). The number of phenolic OH excluding ortho intramolecular Hbond substituents is 1. The molecule has 0 radical (unpaired) electrons. The van der Waals surface area contributed by atoms with Crippen molar-refractivity contribution in [3.8, 4) is 11.5 Å². The first-order chi connectivity index (χ1) is 9.74. The summed E-state index contributed by atoms with van der Waals surface area (Å²) in [6.45, 7) is 0. The third-order valence-corrected chi connectivity index (χ3v) is 3.36. The van der Waals surface area contributed by atoms with Gasteiger partial charge < -0.3 is 19.7 Å². The lowest BCUT2D eigenvalue weighted by Gasteiger charge is -2.15. The van der Waals surface area contributed by atoms with Gasteiger partial charge in [0.25, 0.3) is 0 Å². The molecule has 20 heavy (non-hydrogen) atoms. The Labute approximate surface area is 117 Å². The first-order valence-electron chi connectivity index (χ1n) is 6.71. The van der Waals surface area contributed by atoms with E-state index in [1.54, 1.807) is 12.1 Å². The Morgan fingerprint density at radius 2 is 2.05 bits per heavy atom. The highest BCUT2D eigenvalue weighted by molar-refractivity contribution is 5.70. The first kappa shape index (κ1) is 12.7. The average molecular weight is 272 g/mol. The van der Waals surface area contributed by atoms with Gasteiger partial charge in [0, 0.05) is 12.5 Å². The Morgan fingerprint density at radius 3 is 2.85 bits per heavy atom. The summed E-state index contributed by atoms with van der Waals surface area (Å²) >= 11 is 0. The van der Waals surface area contributed by atoms with E-state index in [0.29, 0.717) is 17.1 Å². The van der Waals surface area contributed by atoms with Crippen LogP contribution in [0.15, 0.2) is 48.1 Å². The fraction of sp³-hybridized carbons (Fsp3) is 0.250. The van der Waals surface area contributed by atoms with E-state index in [4.69, 9.17) is 9.47 Å². The van der Waals surface area contributed by atoms with Crippen LogP contribution in [0.1, 0.15) is 31.2 Å². The largest absolute Gasteiger partial charge is 0.508 e. The van der Waals surface area contributed by atoms with Gasteiger partial charge in [-0.1, -0.05) is 0 Å². The smallest absolute Gasteiger partial charge is 0.172 e. The van der Waals surface area contributed by atoms with Crippen molar-refractivity contribution >= 4 is 5.76 Å². The Hall–Kier alpha value is -2.36. The molecule has 1 heterocycles. The van der Waals surface area contributed by atoms with E-state index in [1.807, 2.05) is 6.08 Å². The summed E-state index contributed by atoms with van der Waals surface area (Å²) in [5, 5.41) is 19.9. The van der Waals surface area contributed by atoms with Gasteiger partial charge in [-0.25, -0.2) is 0 Å². The lowest BCUT2D eigenvalue weighted by Crippen LogP contribution is -1.99. The minimum absolute atomic E-state index is 0.0314. The molecule has 0 spiro atoms.